The van der Waals surface area contributed by atoms with Gasteiger partial charge in [0.15, 0.2) is 0 Å². The molecule has 122 valence electrons. The molecule has 2 aromatic rings. The largest absolute Gasteiger partial charge is 0.491 e. The van der Waals surface area contributed by atoms with Gasteiger partial charge in [-0.1, -0.05) is 12.1 Å². The number of benzene rings is 1. The van der Waals surface area contributed by atoms with Crippen LogP contribution in [0.2, 0.25) is 0 Å². The molecular formula is C18H23N3O2. The zero-order valence-corrected chi connectivity index (χ0v) is 13.3. The molecule has 2 heterocycles. The number of piperidine rings is 1. The molecule has 0 saturated carbocycles. The Morgan fingerprint density at radius 1 is 1.30 bits per heavy atom. The van der Waals surface area contributed by atoms with Gasteiger partial charge in [-0.3, -0.25) is 4.90 Å². The third-order valence-corrected chi connectivity index (χ3v) is 4.19. The van der Waals surface area contributed by atoms with Crippen LogP contribution >= 0.6 is 0 Å². The SMILES string of the molecule is OCCOc1cccc(CN2CCC[C@H](c3ccncn3)C2)c1. The van der Waals surface area contributed by atoms with Crippen LogP contribution in [0.4, 0.5) is 0 Å². The van der Waals surface area contributed by atoms with Crippen molar-refractivity contribution in [2.24, 2.45) is 0 Å². The summed E-state index contributed by atoms with van der Waals surface area (Å²) in [6.07, 6.45) is 5.84. The maximum atomic E-state index is 8.85. The van der Waals surface area contributed by atoms with Gasteiger partial charge in [0.1, 0.15) is 18.7 Å². The molecule has 1 aliphatic rings. The average molecular weight is 313 g/mol. The minimum absolute atomic E-state index is 0.0387. The van der Waals surface area contributed by atoms with Gasteiger partial charge in [0.25, 0.3) is 0 Å². The van der Waals surface area contributed by atoms with Gasteiger partial charge in [-0.2, -0.15) is 0 Å². The van der Waals surface area contributed by atoms with Gasteiger partial charge < -0.3 is 9.84 Å². The summed E-state index contributed by atoms with van der Waals surface area (Å²) >= 11 is 0. The first-order chi connectivity index (χ1) is 11.3. The van der Waals surface area contributed by atoms with Crippen molar-refractivity contribution < 1.29 is 9.84 Å². The summed E-state index contributed by atoms with van der Waals surface area (Å²) in [5, 5.41) is 8.85. The van der Waals surface area contributed by atoms with E-state index in [0.717, 1.165) is 31.1 Å². The first kappa shape index (κ1) is 15.9. The van der Waals surface area contributed by atoms with Gasteiger partial charge in [0, 0.05) is 30.9 Å². The maximum absolute atomic E-state index is 8.85. The summed E-state index contributed by atoms with van der Waals surface area (Å²) in [5.41, 5.74) is 2.38. The first-order valence-electron chi connectivity index (χ1n) is 8.16. The smallest absolute Gasteiger partial charge is 0.119 e. The number of ether oxygens (including phenoxy) is 1. The molecule has 1 aliphatic heterocycles. The predicted octanol–water partition coefficient (Wildman–Crippen LogP) is 2.23. The molecule has 1 atom stereocenters. The lowest BCUT2D eigenvalue weighted by Crippen LogP contribution is -2.34. The number of hydrogen-bond donors (Lipinski definition) is 1. The van der Waals surface area contributed by atoms with E-state index in [0.29, 0.717) is 12.5 Å². The van der Waals surface area contributed by atoms with Crippen LogP contribution in [-0.4, -0.2) is 46.3 Å². The van der Waals surface area contributed by atoms with Crippen LogP contribution in [0, 0.1) is 0 Å². The molecule has 1 fully saturated rings. The van der Waals surface area contributed by atoms with Crippen LogP contribution in [0.1, 0.15) is 30.0 Å². The Kier molecular flexibility index (Phi) is 5.56. The van der Waals surface area contributed by atoms with Gasteiger partial charge in [-0.05, 0) is 43.1 Å². The van der Waals surface area contributed by atoms with Crippen LogP contribution in [0.15, 0.2) is 42.9 Å². The van der Waals surface area contributed by atoms with E-state index in [1.807, 2.05) is 24.4 Å². The number of aliphatic hydroxyl groups excluding tert-OH is 1. The first-order valence-corrected chi connectivity index (χ1v) is 8.16. The second-order valence-corrected chi connectivity index (χ2v) is 5.93. The van der Waals surface area contributed by atoms with E-state index in [9.17, 15) is 0 Å². The Balaban J connectivity index is 1.61. The topological polar surface area (TPSA) is 58.5 Å². The minimum atomic E-state index is 0.0387. The number of rotatable bonds is 6. The van der Waals surface area contributed by atoms with E-state index in [1.165, 1.54) is 18.4 Å². The molecule has 5 nitrogen and oxygen atoms in total. The number of aliphatic hydroxyl groups is 1. The summed E-state index contributed by atoms with van der Waals surface area (Å²) in [6, 6.07) is 10.1. The number of hydrogen-bond acceptors (Lipinski definition) is 5. The van der Waals surface area contributed by atoms with Crippen molar-refractivity contribution >= 4 is 0 Å². The molecule has 1 aromatic heterocycles. The molecule has 5 heteroatoms. The highest BCUT2D eigenvalue weighted by Gasteiger charge is 2.22. The summed E-state index contributed by atoms with van der Waals surface area (Å²) in [5.74, 6) is 1.31. The van der Waals surface area contributed by atoms with Crippen LogP contribution in [0.5, 0.6) is 5.75 Å². The highest BCUT2D eigenvalue weighted by atomic mass is 16.5. The standard InChI is InChI=1S/C18H23N3O2/c22-9-10-23-17-5-1-3-15(11-17)12-21-8-2-4-16(13-21)18-6-7-19-14-20-18/h1,3,5-7,11,14,16,22H,2,4,8-10,12-13H2/t16-/m0/s1. The van der Waals surface area contributed by atoms with E-state index in [2.05, 4.69) is 27.0 Å². The molecule has 0 bridgehead atoms. The van der Waals surface area contributed by atoms with Crippen LogP contribution in [-0.2, 0) is 6.54 Å². The normalized spacial score (nSPS) is 18.7. The quantitative estimate of drug-likeness (QED) is 0.886. The Morgan fingerprint density at radius 3 is 3.09 bits per heavy atom. The molecule has 1 aromatic carbocycles. The lowest BCUT2D eigenvalue weighted by Gasteiger charge is -2.32. The third-order valence-electron chi connectivity index (χ3n) is 4.19. The Labute approximate surface area is 137 Å². The predicted molar refractivity (Wildman–Crippen MR) is 88.3 cm³/mol. The van der Waals surface area contributed by atoms with Gasteiger partial charge in [0.05, 0.1) is 6.61 Å². The number of likely N-dealkylation sites (tertiary alicyclic amines) is 1. The van der Waals surface area contributed by atoms with Crippen molar-refractivity contribution in [3.8, 4) is 5.75 Å². The van der Waals surface area contributed by atoms with Gasteiger partial charge >= 0.3 is 0 Å². The van der Waals surface area contributed by atoms with Crippen molar-refractivity contribution in [2.45, 2.75) is 25.3 Å². The Morgan fingerprint density at radius 2 is 2.26 bits per heavy atom. The van der Waals surface area contributed by atoms with Crippen molar-refractivity contribution in [1.82, 2.24) is 14.9 Å². The zero-order chi connectivity index (χ0) is 15.9. The minimum Gasteiger partial charge on any atom is -0.491 e. The lowest BCUT2D eigenvalue weighted by molar-refractivity contribution is 0.195. The fourth-order valence-electron chi connectivity index (χ4n) is 3.14. The van der Waals surface area contributed by atoms with E-state index < -0.39 is 0 Å². The van der Waals surface area contributed by atoms with Gasteiger partial charge in [-0.15, -0.1) is 0 Å². The van der Waals surface area contributed by atoms with Gasteiger partial charge in [0.2, 0.25) is 0 Å². The van der Waals surface area contributed by atoms with E-state index in [-0.39, 0.29) is 6.61 Å². The van der Waals surface area contributed by atoms with Crippen LogP contribution < -0.4 is 4.74 Å². The van der Waals surface area contributed by atoms with E-state index >= 15 is 0 Å². The summed E-state index contributed by atoms with van der Waals surface area (Å²) < 4.78 is 5.49. The van der Waals surface area contributed by atoms with Crippen molar-refractivity contribution in [3.63, 3.8) is 0 Å². The summed E-state index contributed by atoms with van der Waals surface area (Å²) in [6.45, 7) is 3.43. The molecule has 0 amide bonds. The molecule has 0 radical (unpaired) electrons. The average Bonchev–Trinajstić information content (AvgIpc) is 2.61. The van der Waals surface area contributed by atoms with Crippen molar-refractivity contribution in [3.05, 3.63) is 54.1 Å². The van der Waals surface area contributed by atoms with E-state index in [1.54, 1.807) is 6.33 Å². The maximum Gasteiger partial charge on any atom is 0.119 e. The molecule has 23 heavy (non-hydrogen) atoms. The zero-order valence-electron chi connectivity index (χ0n) is 13.3. The van der Waals surface area contributed by atoms with Crippen molar-refractivity contribution in [2.75, 3.05) is 26.3 Å². The molecule has 1 saturated heterocycles. The molecule has 1 N–H and O–H groups in total. The molecule has 0 unspecified atom stereocenters. The number of nitrogens with zero attached hydrogens (tertiary/aromatic N) is 3. The second kappa shape index (κ2) is 8.04. The molecule has 0 aliphatic carbocycles. The Bertz CT molecular complexity index is 606. The van der Waals surface area contributed by atoms with Crippen LogP contribution in [0.25, 0.3) is 0 Å². The summed E-state index contributed by atoms with van der Waals surface area (Å²) in [7, 11) is 0. The lowest BCUT2D eigenvalue weighted by atomic mass is 9.94. The van der Waals surface area contributed by atoms with Crippen molar-refractivity contribution in [1.29, 1.82) is 0 Å². The Hall–Kier alpha value is -1.98. The number of aromatic nitrogens is 2. The fourth-order valence-corrected chi connectivity index (χ4v) is 3.14. The fraction of sp³-hybridized carbons (Fsp3) is 0.444. The molecule has 3 rings (SSSR count). The highest BCUT2D eigenvalue weighted by Crippen LogP contribution is 2.26. The third kappa shape index (κ3) is 4.50. The monoisotopic (exact) mass is 313 g/mol. The highest BCUT2D eigenvalue weighted by molar-refractivity contribution is 5.28. The van der Waals surface area contributed by atoms with E-state index in [4.69, 9.17) is 9.84 Å². The molecule has 0 spiro atoms. The molecular weight excluding hydrogens is 290 g/mol. The van der Waals surface area contributed by atoms with Gasteiger partial charge in [-0.25, -0.2) is 9.97 Å². The summed E-state index contributed by atoms with van der Waals surface area (Å²) in [4.78, 5) is 10.9. The van der Waals surface area contributed by atoms with Crippen LogP contribution in [0.3, 0.4) is 0 Å². The second-order valence-electron chi connectivity index (χ2n) is 5.93.